The molecular weight excluding hydrogens is 351 g/mol. The maximum Gasteiger partial charge on any atom is 0.389 e. The number of halogens is 3. The molecule has 0 amide bonds. The van der Waals surface area contributed by atoms with Gasteiger partial charge in [-0.05, 0) is 47.9 Å². The molecule has 0 aliphatic heterocycles. The van der Waals surface area contributed by atoms with Gasteiger partial charge in [0, 0.05) is 37.1 Å². The quantitative estimate of drug-likeness (QED) is 0.587. The van der Waals surface area contributed by atoms with Crippen molar-refractivity contribution in [2.75, 3.05) is 0 Å². The number of aryl methyl sites for hydroxylation is 1. The summed E-state index contributed by atoms with van der Waals surface area (Å²) in [5.41, 5.74) is 3.68. The number of rotatable bonds is 8. The van der Waals surface area contributed by atoms with E-state index in [-0.39, 0.29) is 18.1 Å². The van der Waals surface area contributed by atoms with Crippen molar-refractivity contribution < 1.29 is 18.0 Å². The summed E-state index contributed by atoms with van der Waals surface area (Å²) in [7, 11) is 0. The van der Waals surface area contributed by atoms with Crippen LogP contribution in [-0.2, 0) is 17.6 Å². The number of carbonyl (C=O) groups is 1. The number of Topliss-reactive ketones (excluding diaryl/α,β-unsaturated/α-hetero) is 1. The van der Waals surface area contributed by atoms with Gasteiger partial charge in [0.15, 0.2) is 0 Å². The van der Waals surface area contributed by atoms with E-state index in [4.69, 9.17) is 0 Å². The number of carbonyl (C=O) groups excluding carboxylic acids is 1. The van der Waals surface area contributed by atoms with Gasteiger partial charge in [0.05, 0.1) is 0 Å². The number of ketones is 1. The fourth-order valence-corrected chi connectivity index (χ4v) is 3.23. The molecule has 0 bridgehead atoms. The van der Waals surface area contributed by atoms with Crippen LogP contribution in [0.15, 0.2) is 42.6 Å². The topological polar surface area (TPSA) is 30.0 Å². The second kappa shape index (κ2) is 8.24. The highest BCUT2D eigenvalue weighted by Crippen LogP contribution is 2.39. The summed E-state index contributed by atoms with van der Waals surface area (Å²) < 4.78 is 36.8. The molecule has 2 nitrogen and oxygen atoms in total. The van der Waals surface area contributed by atoms with Gasteiger partial charge in [-0.2, -0.15) is 13.2 Å². The van der Waals surface area contributed by atoms with E-state index < -0.39 is 12.6 Å². The molecule has 1 aliphatic rings. The number of hydrogen-bond donors (Lipinski definition) is 0. The van der Waals surface area contributed by atoms with Crippen LogP contribution in [-0.4, -0.2) is 16.9 Å². The van der Waals surface area contributed by atoms with Crippen molar-refractivity contribution in [3.8, 4) is 0 Å². The summed E-state index contributed by atoms with van der Waals surface area (Å²) in [5.74, 6) is 0.796. The predicted octanol–water partition coefficient (Wildman–Crippen LogP) is 5.76. The van der Waals surface area contributed by atoms with Gasteiger partial charge in [-0.15, -0.1) is 0 Å². The van der Waals surface area contributed by atoms with Gasteiger partial charge in [-0.1, -0.05) is 37.3 Å². The molecule has 0 saturated heterocycles. The molecule has 0 N–H and O–H groups in total. The molecule has 0 spiro atoms. The van der Waals surface area contributed by atoms with E-state index in [0.717, 1.165) is 11.3 Å². The molecule has 1 aromatic carbocycles. The Kier molecular flexibility index (Phi) is 5.98. The molecule has 0 unspecified atom stereocenters. The van der Waals surface area contributed by atoms with Gasteiger partial charge in [-0.3, -0.25) is 9.78 Å². The Hall–Kier alpha value is -2.17. The van der Waals surface area contributed by atoms with Crippen LogP contribution in [0, 0.1) is 0 Å². The molecule has 1 heterocycles. The number of alkyl halides is 3. The zero-order valence-electron chi connectivity index (χ0n) is 15.4. The maximum absolute atomic E-state index is 12.4. The summed E-state index contributed by atoms with van der Waals surface area (Å²) in [6.45, 7) is 1.92. The van der Waals surface area contributed by atoms with E-state index in [1.165, 1.54) is 24.6 Å². The Labute approximate surface area is 157 Å². The van der Waals surface area contributed by atoms with Crippen molar-refractivity contribution in [3.63, 3.8) is 0 Å². The molecule has 1 saturated carbocycles. The lowest BCUT2D eigenvalue weighted by atomic mass is 9.96. The Morgan fingerprint density at radius 2 is 1.78 bits per heavy atom. The Balaban J connectivity index is 1.49. The molecule has 144 valence electrons. The first-order valence-electron chi connectivity index (χ1n) is 9.42. The summed E-state index contributed by atoms with van der Waals surface area (Å²) in [6, 6.07) is 11.7. The summed E-state index contributed by atoms with van der Waals surface area (Å²) in [4.78, 5) is 16.6. The monoisotopic (exact) mass is 375 g/mol. The van der Waals surface area contributed by atoms with Crippen molar-refractivity contribution in [2.45, 2.75) is 63.5 Å². The van der Waals surface area contributed by atoms with E-state index in [1.54, 1.807) is 12.1 Å². The van der Waals surface area contributed by atoms with Crippen molar-refractivity contribution >= 4 is 5.78 Å². The normalized spacial score (nSPS) is 15.6. The molecule has 1 aromatic heterocycles. The predicted molar refractivity (Wildman–Crippen MR) is 98.8 cm³/mol. The van der Waals surface area contributed by atoms with Gasteiger partial charge < -0.3 is 0 Å². The fraction of sp³-hybridized carbons (Fsp3) is 0.455. The number of pyridine rings is 1. The maximum atomic E-state index is 12.4. The lowest BCUT2D eigenvalue weighted by Crippen LogP contribution is -2.10. The van der Waals surface area contributed by atoms with Crippen molar-refractivity contribution in [1.29, 1.82) is 0 Å². The van der Waals surface area contributed by atoms with Crippen LogP contribution >= 0.6 is 0 Å². The minimum absolute atomic E-state index is 0.0556. The Morgan fingerprint density at radius 1 is 1.11 bits per heavy atom. The van der Waals surface area contributed by atoms with Gasteiger partial charge in [0.1, 0.15) is 5.78 Å². The van der Waals surface area contributed by atoms with Crippen LogP contribution in [0.3, 0.4) is 0 Å². The van der Waals surface area contributed by atoms with Crippen LogP contribution in [0.4, 0.5) is 13.2 Å². The second-order valence-electron chi connectivity index (χ2n) is 7.54. The number of benzene rings is 1. The highest BCUT2D eigenvalue weighted by molar-refractivity contribution is 5.81. The summed E-state index contributed by atoms with van der Waals surface area (Å²) in [5, 5.41) is 0. The number of hydrogen-bond acceptors (Lipinski definition) is 2. The summed E-state index contributed by atoms with van der Waals surface area (Å²) >= 11 is 0. The molecule has 27 heavy (non-hydrogen) atoms. The fourth-order valence-electron chi connectivity index (χ4n) is 3.23. The molecule has 5 heteroatoms. The number of nitrogens with zero attached hydrogens (tertiary/aromatic N) is 1. The highest BCUT2D eigenvalue weighted by Gasteiger charge is 2.26. The van der Waals surface area contributed by atoms with Crippen molar-refractivity contribution in [1.82, 2.24) is 4.98 Å². The van der Waals surface area contributed by atoms with E-state index in [0.29, 0.717) is 24.3 Å². The molecule has 1 aliphatic carbocycles. The third-order valence-electron chi connectivity index (χ3n) is 5.01. The van der Waals surface area contributed by atoms with Crippen LogP contribution in [0.25, 0.3) is 0 Å². The lowest BCUT2D eigenvalue weighted by Gasteiger charge is -2.12. The van der Waals surface area contributed by atoms with Crippen LogP contribution in [0.2, 0.25) is 0 Å². The van der Waals surface area contributed by atoms with Crippen LogP contribution in [0.5, 0.6) is 0 Å². The lowest BCUT2D eigenvalue weighted by molar-refractivity contribution is -0.134. The average Bonchev–Trinajstić information content (AvgIpc) is 3.45. The molecule has 3 rings (SSSR count). The zero-order valence-corrected chi connectivity index (χ0v) is 15.4. The van der Waals surface area contributed by atoms with E-state index in [9.17, 15) is 18.0 Å². The first kappa shape index (κ1) is 19.6. The SMILES string of the molecule is C[C@@H](CC(=O)Cc1ccc(C2CC2)cc1)c1ccc(CCC(F)(F)F)cn1. The van der Waals surface area contributed by atoms with Crippen LogP contribution in [0.1, 0.15) is 66.8 Å². The Morgan fingerprint density at radius 3 is 2.33 bits per heavy atom. The van der Waals surface area contributed by atoms with E-state index in [1.807, 2.05) is 19.1 Å². The zero-order chi connectivity index (χ0) is 19.4. The van der Waals surface area contributed by atoms with Crippen molar-refractivity contribution in [2.24, 2.45) is 0 Å². The highest BCUT2D eigenvalue weighted by atomic mass is 19.4. The minimum Gasteiger partial charge on any atom is -0.299 e. The first-order chi connectivity index (χ1) is 12.8. The smallest absolute Gasteiger partial charge is 0.299 e. The van der Waals surface area contributed by atoms with Gasteiger partial charge in [0.2, 0.25) is 0 Å². The summed E-state index contributed by atoms with van der Waals surface area (Å²) in [6.07, 6.45) is -0.287. The second-order valence-corrected chi connectivity index (χ2v) is 7.54. The third-order valence-corrected chi connectivity index (χ3v) is 5.01. The molecule has 1 atom stereocenters. The van der Waals surface area contributed by atoms with Crippen molar-refractivity contribution in [3.05, 3.63) is 65.0 Å². The minimum atomic E-state index is -4.16. The van der Waals surface area contributed by atoms with E-state index >= 15 is 0 Å². The third kappa shape index (κ3) is 6.19. The Bertz CT molecular complexity index is 762. The molecule has 0 radical (unpaired) electrons. The van der Waals surface area contributed by atoms with E-state index in [2.05, 4.69) is 17.1 Å². The first-order valence-corrected chi connectivity index (χ1v) is 9.42. The molecular formula is C22H24F3NO. The molecule has 2 aromatic rings. The molecule has 1 fully saturated rings. The van der Waals surface area contributed by atoms with Crippen LogP contribution < -0.4 is 0 Å². The van der Waals surface area contributed by atoms with Gasteiger partial charge in [0.25, 0.3) is 0 Å². The standard InChI is InChI=1S/C22H24F3NO/c1-15(21-9-4-17(14-26-21)10-11-22(23,24)25)12-20(27)13-16-2-5-18(6-3-16)19-7-8-19/h2-6,9,14-15,19H,7-8,10-13H2,1H3/t15-/m0/s1. The number of aromatic nitrogens is 1. The van der Waals surface area contributed by atoms with Gasteiger partial charge in [-0.25, -0.2) is 0 Å². The largest absolute Gasteiger partial charge is 0.389 e. The van der Waals surface area contributed by atoms with Gasteiger partial charge >= 0.3 is 6.18 Å². The average molecular weight is 375 g/mol.